The second-order valence-electron chi connectivity index (χ2n) is 7.50. The van der Waals surface area contributed by atoms with Crippen molar-refractivity contribution < 1.29 is 14.3 Å². The van der Waals surface area contributed by atoms with Crippen LogP contribution in [0.1, 0.15) is 30.7 Å². The third-order valence-electron chi connectivity index (χ3n) is 5.26. The van der Waals surface area contributed by atoms with Crippen molar-refractivity contribution in [3.63, 3.8) is 0 Å². The fraction of sp³-hybridized carbons (Fsp3) is 0.333. The van der Waals surface area contributed by atoms with Gasteiger partial charge in [0.25, 0.3) is 5.56 Å². The predicted molar refractivity (Wildman–Crippen MR) is 107 cm³/mol. The summed E-state index contributed by atoms with van der Waals surface area (Å²) in [6, 6.07) is 5.10. The summed E-state index contributed by atoms with van der Waals surface area (Å²) in [5, 5.41) is 13.0. The van der Waals surface area contributed by atoms with E-state index in [0.717, 1.165) is 5.56 Å². The monoisotopic (exact) mass is 396 g/mol. The van der Waals surface area contributed by atoms with Gasteiger partial charge in [-0.15, -0.1) is 0 Å². The predicted octanol–water partition coefficient (Wildman–Crippen LogP) is 2.65. The number of aromatic nitrogens is 3. The van der Waals surface area contributed by atoms with Gasteiger partial charge in [-0.2, -0.15) is 0 Å². The molecular weight excluding hydrogens is 375 g/mol. The Hall–Kier alpha value is -3.13. The number of rotatable bonds is 4. The quantitative estimate of drug-likeness (QED) is 0.707. The number of aliphatic hydroxyl groups excluding tert-OH is 1. The first-order valence-corrected chi connectivity index (χ1v) is 9.36. The number of hydrogen-bond donors (Lipinski definition) is 2. The van der Waals surface area contributed by atoms with Crippen LogP contribution in [0, 0.1) is 12.8 Å². The second kappa shape index (κ2) is 7.04. The van der Waals surface area contributed by atoms with Gasteiger partial charge < -0.3 is 15.0 Å². The van der Waals surface area contributed by atoms with Crippen LogP contribution in [0.25, 0.3) is 22.0 Å². The molecule has 0 aliphatic heterocycles. The Balaban J connectivity index is 1.74. The molecule has 2 N–H and O–H groups in total. The van der Waals surface area contributed by atoms with E-state index in [0.29, 0.717) is 27.7 Å². The van der Waals surface area contributed by atoms with Gasteiger partial charge in [0, 0.05) is 42.0 Å². The summed E-state index contributed by atoms with van der Waals surface area (Å²) in [7, 11) is 1.64. The molecule has 3 atom stereocenters. The molecule has 3 heterocycles. The topological polar surface area (TPSA) is 97.1 Å². The molecule has 1 fully saturated rings. The first-order chi connectivity index (χ1) is 13.8. The number of hydrogen-bond acceptors (Lipinski definition) is 5. The van der Waals surface area contributed by atoms with Crippen LogP contribution in [0.5, 0.6) is 0 Å². The van der Waals surface area contributed by atoms with Crippen molar-refractivity contribution >= 4 is 22.6 Å². The summed E-state index contributed by atoms with van der Waals surface area (Å²) < 4.78 is 14.5. The number of alkyl halides is 1. The molecule has 0 radical (unpaired) electrons. The van der Waals surface area contributed by atoms with Crippen LogP contribution in [-0.4, -0.2) is 31.7 Å². The number of anilines is 1. The molecule has 150 valence electrons. The number of nitrogens with zero attached hydrogens (tertiary/aromatic N) is 3. The molecule has 1 amide bonds. The van der Waals surface area contributed by atoms with Crippen LogP contribution in [0.15, 0.2) is 35.4 Å². The minimum atomic E-state index is -1.08. The fourth-order valence-electron chi connectivity index (χ4n) is 3.37. The van der Waals surface area contributed by atoms with Crippen molar-refractivity contribution in [2.45, 2.75) is 32.5 Å². The van der Waals surface area contributed by atoms with Gasteiger partial charge in [0.05, 0.1) is 23.2 Å². The minimum absolute atomic E-state index is 0.221. The lowest BCUT2D eigenvalue weighted by Crippen LogP contribution is -2.20. The first kappa shape index (κ1) is 19.2. The summed E-state index contributed by atoms with van der Waals surface area (Å²) in [6.45, 7) is 3.49. The molecule has 0 bridgehead atoms. The van der Waals surface area contributed by atoms with Crippen molar-refractivity contribution in [2.75, 3.05) is 5.32 Å². The van der Waals surface area contributed by atoms with Crippen LogP contribution in [0.2, 0.25) is 0 Å². The highest BCUT2D eigenvalue weighted by Gasteiger charge is 2.43. The van der Waals surface area contributed by atoms with E-state index in [-0.39, 0.29) is 17.8 Å². The maximum atomic E-state index is 13.1. The number of aryl methyl sites for hydroxylation is 2. The molecule has 3 aromatic rings. The van der Waals surface area contributed by atoms with Gasteiger partial charge in [-0.05, 0) is 38.0 Å². The number of carbonyl (C=O) groups is 1. The first-order valence-electron chi connectivity index (χ1n) is 9.36. The zero-order chi connectivity index (χ0) is 20.9. The highest BCUT2D eigenvalue weighted by atomic mass is 19.1. The molecule has 4 rings (SSSR count). The van der Waals surface area contributed by atoms with Gasteiger partial charge in [0.1, 0.15) is 12.0 Å². The van der Waals surface area contributed by atoms with Gasteiger partial charge in [0.15, 0.2) is 0 Å². The normalized spacial score (nSPS) is 19.2. The molecule has 3 aromatic heterocycles. The molecule has 1 aliphatic rings. The summed E-state index contributed by atoms with van der Waals surface area (Å²) in [6.07, 6.45) is 1.62. The number of amides is 1. The third kappa shape index (κ3) is 3.51. The maximum Gasteiger partial charge on any atom is 0.258 e. The van der Waals surface area contributed by atoms with Crippen molar-refractivity contribution in [1.29, 1.82) is 0 Å². The van der Waals surface area contributed by atoms with Crippen molar-refractivity contribution in [3.05, 3.63) is 52.2 Å². The zero-order valence-electron chi connectivity index (χ0n) is 16.3. The van der Waals surface area contributed by atoms with Gasteiger partial charge in [-0.25, -0.2) is 9.37 Å². The van der Waals surface area contributed by atoms with Gasteiger partial charge in [0.2, 0.25) is 5.91 Å². The lowest BCUT2D eigenvalue weighted by atomic mass is 10.0. The third-order valence-corrected chi connectivity index (χ3v) is 5.26. The summed E-state index contributed by atoms with van der Waals surface area (Å²) >= 11 is 0. The van der Waals surface area contributed by atoms with Crippen molar-refractivity contribution in [2.24, 2.45) is 13.0 Å². The average molecular weight is 396 g/mol. The number of halogens is 1. The van der Waals surface area contributed by atoms with E-state index in [1.165, 1.54) is 4.57 Å². The van der Waals surface area contributed by atoms with E-state index in [4.69, 9.17) is 0 Å². The Bertz CT molecular complexity index is 1190. The Morgan fingerprint density at radius 2 is 2.00 bits per heavy atom. The Morgan fingerprint density at radius 3 is 2.62 bits per heavy atom. The summed E-state index contributed by atoms with van der Waals surface area (Å²) in [5.74, 6) is -0.729. The Kier molecular flexibility index (Phi) is 4.66. The molecule has 0 saturated heterocycles. The number of aliphatic hydroxyl groups is 1. The standard InChI is InChI=1S/C21H21FN4O3/c1-10-4-17(11(2)27)23-9-15(10)13-5-12-8-24-19(7-18(12)26(3)21(13)29)25-20(28)14-6-16(14)22/h4-5,7-9,11,14,16,27H,6H2,1-3H3,(H,24,25,28)/t11-,14+,16+/m0/s1. The van der Waals surface area contributed by atoms with E-state index in [2.05, 4.69) is 15.3 Å². The molecule has 8 heteroatoms. The van der Waals surface area contributed by atoms with Crippen molar-refractivity contribution in [1.82, 2.24) is 14.5 Å². The SMILES string of the molecule is Cc1cc([C@H](C)O)ncc1-c1cc2cnc(NC(=O)[C@@H]3C[C@H]3F)cc2n(C)c1=O. The number of pyridine rings is 3. The van der Waals surface area contributed by atoms with E-state index in [1.807, 2.05) is 6.92 Å². The van der Waals surface area contributed by atoms with Gasteiger partial charge in [-0.1, -0.05) is 0 Å². The average Bonchev–Trinajstić information content (AvgIpc) is 3.42. The van der Waals surface area contributed by atoms with Crippen LogP contribution in [0.3, 0.4) is 0 Å². The number of fused-ring (bicyclic) bond motifs is 1. The molecule has 7 nitrogen and oxygen atoms in total. The number of nitrogens with one attached hydrogen (secondary N) is 1. The fourth-order valence-corrected chi connectivity index (χ4v) is 3.37. The minimum Gasteiger partial charge on any atom is -0.387 e. The zero-order valence-corrected chi connectivity index (χ0v) is 16.3. The van der Waals surface area contributed by atoms with E-state index in [1.54, 1.807) is 44.6 Å². The molecule has 1 saturated carbocycles. The van der Waals surface area contributed by atoms with Crippen LogP contribution < -0.4 is 10.9 Å². The smallest absolute Gasteiger partial charge is 0.258 e. The van der Waals surface area contributed by atoms with E-state index < -0.39 is 24.1 Å². The molecule has 29 heavy (non-hydrogen) atoms. The van der Waals surface area contributed by atoms with Gasteiger partial charge >= 0.3 is 0 Å². The van der Waals surface area contributed by atoms with Crippen LogP contribution in [-0.2, 0) is 11.8 Å². The van der Waals surface area contributed by atoms with Crippen LogP contribution >= 0.6 is 0 Å². The van der Waals surface area contributed by atoms with E-state index >= 15 is 0 Å². The molecule has 0 unspecified atom stereocenters. The largest absolute Gasteiger partial charge is 0.387 e. The molecule has 0 spiro atoms. The highest BCUT2D eigenvalue weighted by Crippen LogP contribution is 2.34. The Labute approximate surface area is 166 Å². The van der Waals surface area contributed by atoms with Crippen LogP contribution in [0.4, 0.5) is 10.2 Å². The molecular formula is C21H21FN4O3. The lowest BCUT2D eigenvalue weighted by Gasteiger charge is -2.13. The summed E-state index contributed by atoms with van der Waals surface area (Å²) in [5.41, 5.74) is 2.90. The molecule has 0 aromatic carbocycles. The molecule has 1 aliphatic carbocycles. The maximum absolute atomic E-state index is 13.1. The summed E-state index contributed by atoms with van der Waals surface area (Å²) in [4.78, 5) is 33.4. The van der Waals surface area contributed by atoms with Gasteiger partial charge in [-0.3, -0.25) is 14.6 Å². The lowest BCUT2D eigenvalue weighted by molar-refractivity contribution is -0.117. The van der Waals surface area contributed by atoms with Crippen molar-refractivity contribution in [3.8, 4) is 11.1 Å². The Morgan fingerprint density at radius 1 is 1.28 bits per heavy atom. The second-order valence-corrected chi connectivity index (χ2v) is 7.50. The van der Waals surface area contributed by atoms with E-state index in [9.17, 15) is 19.1 Å². The highest BCUT2D eigenvalue weighted by molar-refractivity contribution is 5.95. The number of carbonyl (C=O) groups excluding carboxylic acids is 1.